The van der Waals surface area contributed by atoms with Gasteiger partial charge in [0.1, 0.15) is 0 Å². The predicted octanol–water partition coefficient (Wildman–Crippen LogP) is 1.53. The summed E-state index contributed by atoms with van der Waals surface area (Å²) in [5.41, 5.74) is 1.01. The van der Waals surface area contributed by atoms with Crippen molar-refractivity contribution in [3.05, 3.63) is 29.8 Å². The van der Waals surface area contributed by atoms with Gasteiger partial charge in [0.15, 0.2) is 0 Å². The van der Waals surface area contributed by atoms with Crippen LogP contribution in [0.1, 0.15) is 12.0 Å². The zero-order valence-corrected chi connectivity index (χ0v) is 11.1. The van der Waals surface area contributed by atoms with Crippen molar-refractivity contribution in [2.75, 3.05) is 26.9 Å². The third-order valence-electron chi connectivity index (χ3n) is 2.41. The SMILES string of the molecule is COCCOCCCc1ccc(S(=O)(=O)O)cc1. The van der Waals surface area contributed by atoms with Crippen LogP contribution < -0.4 is 0 Å². The summed E-state index contributed by atoms with van der Waals surface area (Å²) in [6.07, 6.45) is 1.66. The average molecular weight is 274 g/mol. The van der Waals surface area contributed by atoms with E-state index >= 15 is 0 Å². The first kappa shape index (κ1) is 15.1. The van der Waals surface area contributed by atoms with Crippen LogP contribution in [0.4, 0.5) is 0 Å². The molecule has 0 aliphatic rings. The molecule has 6 heteroatoms. The molecular weight excluding hydrogens is 256 g/mol. The Hall–Kier alpha value is -0.950. The summed E-state index contributed by atoms with van der Waals surface area (Å²) in [4.78, 5) is -0.0809. The zero-order chi connectivity index (χ0) is 13.4. The van der Waals surface area contributed by atoms with Crippen molar-refractivity contribution in [1.29, 1.82) is 0 Å². The topological polar surface area (TPSA) is 72.8 Å². The van der Waals surface area contributed by atoms with Crippen LogP contribution in [0.15, 0.2) is 29.2 Å². The molecule has 0 radical (unpaired) electrons. The molecular formula is C12H18O5S. The maximum Gasteiger partial charge on any atom is 0.294 e. The van der Waals surface area contributed by atoms with Gasteiger partial charge < -0.3 is 9.47 Å². The summed E-state index contributed by atoms with van der Waals surface area (Å²) in [6, 6.07) is 6.18. The lowest BCUT2D eigenvalue weighted by atomic mass is 10.1. The molecule has 0 aliphatic carbocycles. The van der Waals surface area contributed by atoms with E-state index in [9.17, 15) is 8.42 Å². The minimum atomic E-state index is -4.09. The highest BCUT2D eigenvalue weighted by Crippen LogP contribution is 2.11. The van der Waals surface area contributed by atoms with Gasteiger partial charge >= 0.3 is 0 Å². The van der Waals surface area contributed by atoms with Crippen LogP contribution in [0.2, 0.25) is 0 Å². The highest BCUT2D eigenvalue weighted by atomic mass is 32.2. The maximum absolute atomic E-state index is 10.8. The smallest absolute Gasteiger partial charge is 0.294 e. The molecule has 0 aliphatic heterocycles. The highest BCUT2D eigenvalue weighted by molar-refractivity contribution is 7.85. The van der Waals surface area contributed by atoms with Crippen molar-refractivity contribution in [3.8, 4) is 0 Å². The second kappa shape index (κ2) is 7.48. The van der Waals surface area contributed by atoms with Crippen LogP contribution in [0.5, 0.6) is 0 Å². The number of aryl methyl sites for hydroxylation is 1. The number of benzene rings is 1. The van der Waals surface area contributed by atoms with Crippen LogP contribution in [0.3, 0.4) is 0 Å². The van der Waals surface area contributed by atoms with E-state index in [1.807, 2.05) is 0 Å². The molecule has 1 rings (SSSR count). The van der Waals surface area contributed by atoms with Gasteiger partial charge in [-0.2, -0.15) is 8.42 Å². The Kier molecular flexibility index (Phi) is 6.28. The molecule has 0 saturated heterocycles. The van der Waals surface area contributed by atoms with Crippen LogP contribution in [-0.4, -0.2) is 39.9 Å². The Morgan fingerprint density at radius 2 is 1.78 bits per heavy atom. The lowest BCUT2D eigenvalue weighted by Gasteiger charge is -2.04. The zero-order valence-electron chi connectivity index (χ0n) is 10.3. The summed E-state index contributed by atoms with van der Waals surface area (Å²) in [5, 5.41) is 0. The number of hydrogen-bond acceptors (Lipinski definition) is 4. The molecule has 0 aromatic heterocycles. The monoisotopic (exact) mass is 274 g/mol. The highest BCUT2D eigenvalue weighted by Gasteiger charge is 2.07. The molecule has 18 heavy (non-hydrogen) atoms. The Bertz CT molecular complexity index is 438. The lowest BCUT2D eigenvalue weighted by molar-refractivity contribution is 0.0695. The van der Waals surface area contributed by atoms with Crippen molar-refractivity contribution in [2.24, 2.45) is 0 Å². The van der Waals surface area contributed by atoms with E-state index < -0.39 is 10.1 Å². The largest absolute Gasteiger partial charge is 0.382 e. The molecule has 1 aromatic carbocycles. The second-order valence-corrected chi connectivity index (χ2v) is 5.25. The Morgan fingerprint density at radius 1 is 1.11 bits per heavy atom. The second-order valence-electron chi connectivity index (χ2n) is 3.83. The first-order chi connectivity index (χ1) is 8.54. The van der Waals surface area contributed by atoms with Crippen molar-refractivity contribution in [2.45, 2.75) is 17.7 Å². The number of rotatable bonds is 8. The van der Waals surface area contributed by atoms with Gasteiger partial charge in [0.2, 0.25) is 0 Å². The molecule has 0 saturated carbocycles. The van der Waals surface area contributed by atoms with Crippen LogP contribution in [-0.2, 0) is 26.0 Å². The van der Waals surface area contributed by atoms with Gasteiger partial charge in [-0.15, -0.1) is 0 Å². The fraction of sp³-hybridized carbons (Fsp3) is 0.500. The summed E-state index contributed by atoms with van der Waals surface area (Å²) in [6.45, 7) is 1.81. The predicted molar refractivity (Wildman–Crippen MR) is 67.3 cm³/mol. The van der Waals surface area contributed by atoms with Crippen molar-refractivity contribution < 1.29 is 22.4 Å². The molecule has 0 heterocycles. The first-order valence-corrected chi connectivity index (χ1v) is 7.11. The average Bonchev–Trinajstić information content (AvgIpc) is 2.33. The van der Waals surface area contributed by atoms with Gasteiger partial charge in [-0.3, -0.25) is 4.55 Å². The van der Waals surface area contributed by atoms with E-state index in [-0.39, 0.29) is 4.90 Å². The van der Waals surface area contributed by atoms with E-state index in [0.717, 1.165) is 18.4 Å². The fourth-order valence-corrected chi connectivity index (χ4v) is 1.93. The van der Waals surface area contributed by atoms with Gasteiger partial charge in [-0.1, -0.05) is 12.1 Å². The minimum Gasteiger partial charge on any atom is -0.382 e. The van der Waals surface area contributed by atoms with Gasteiger partial charge in [-0.05, 0) is 30.5 Å². The summed E-state index contributed by atoms with van der Waals surface area (Å²) >= 11 is 0. The van der Waals surface area contributed by atoms with E-state index in [0.29, 0.717) is 19.8 Å². The quantitative estimate of drug-likeness (QED) is 0.575. The molecule has 0 atom stereocenters. The van der Waals surface area contributed by atoms with Gasteiger partial charge in [0.05, 0.1) is 18.1 Å². The standard InChI is InChI=1S/C12H18O5S/c1-16-9-10-17-8-2-3-11-4-6-12(7-5-11)18(13,14)15/h4-7H,2-3,8-10H2,1H3,(H,13,14,15). The normalized spacial score (nSPS) is 11.7. The van der Waals surface area contributed by atoms with Crippen LogP contribution in [0.25, 0.3) is 0 Å². The third-order valence-corrected chi connectivity index (χ3v) is 3.28. The Balaban J connectivity index is 2.32. The molecule has 1 aromatic rings. The molecule has 0 fully saturated rings. The van der Waals surface area contributed by atoms with Crippen LogP contribution in [0, 0.1) is 0 Å². The Labute approximate surface area is 107 Å². The molecule has 0 unspecified atom stereocenters. The first-order valence-electron chi connectivity index (χ1n) is 5.67. The number of ether oxygens (including phenoxy) is 2. The van der Waals surface area contributed by atoms with Crippen LogP contribution >= 0.6 is 0 Å². The fourth-order valence-electron chi connectivity index (χ4n) is 1.45. The number of hydrogen-bond donors (Lipinski definition) is 1. The van der Waals surface area contributed by atoms with E-state index in [2.05, 4.69) is 0 Å². The lowest BCUT2D eigenvalue weighted by Crippen LogP contribution is -2.04. The number of methoxy groups -OCH3 is 1. The molecule has 0 spiro atoms. The molecule has 0 bridgehead atoms. The van der Waals surface area contributed by atoms with Crippen molar-refractivity contribution in [1.82, 2.24) is 0 Å². The van der Waals surface area contributed by atoms with Crippen molar-refractivity contribution in [3.63, 3.8) is 0 Å². The van der Waals surface area contributed by atoms with Gasteiger partial charge in [-0.25, -0.2) is 0 Å². The van der Waals surface area contributed by atoms with Crippen molar-refractivity contribution >= 4 is 10.1 Å². The molecule has 5 nitrogen and oxygen atoms in total. The summed E-state index contributed by atoms with van der Waals surface area (Å²) in [7, 11) is -2.47. The van der Waals surface area contributed by atoms with Gasteiger partial charge in [0, 0.05) is 13.7 Å². The van der Waals surface area contributed by atoms with E-state index in [4.69, 9.17) is 14.0 Å². The minimum absolute atomic E-state index is 0.0809. The maximum atomic E-state index is 10.8. The van der Waals surface area contributed by atoms with E-state index in [1.54, 1.807) is 19.2 Å². The molecule has 0 amide bonds. The summed E-state index contributed by atoms with van der Waals surface area (Å²) < 4.78 is 40.6. The third kappa shape index (κ3) is 5.59. The molecule has 1 N–H and O–H groups in total. The van der Waals surface area contributed by atoms with Gasteiger partial charge in [0.25, 0.3) is 10.1 Å². The molecule has 102 valence electrons. The van der Waals surface area contributed by atoms with E-state index in [1.165, 1.54) is 12.1 Å². The Morgan fingerprint density at radius 3 is 2.33 bits per heavy atom. The summed E-state index contributed by atoms with van der Waals surface area (Å²) in [5.74, 6) is 0.